The van der Waals surface area contributed by atoms with Crippen LogP contribution in [0.4, 0.5) is 0 Å². The predicted octanol–water partition coefficient (Wildman–Crippen LogP) is 3.17. The highest BCUT2D eigenvalue weighted by molar-refractivity contribution is 5.38. The molecule has 0 spiro atoms. The zero-order valence-corrected chi connectivity index (χ0v) is 15.7. The van der Waals surface area contributed by atoms with E-state index in [2.05, 4.69) is 17.0 Å². The first kappa shape index (κ1) is 16.8. The van der Waals surface area contributed by atoms with Crippen LogP contribution in [0.15, 0.2) is 24.3 Å². The Morgan fingerprint density at radius 2 is 1.85 bits per heavy atom. The van der Waals surface area contributed by atoms with Gasteiger partial charge in [0, 0.05) is 11.8 Å². The van der Waals surface area contributed by atoms with Gasteiger partial charge in [0.05, 0.1) is 19.3 Å². The molecule has 3 aromatic rings. The molecule has 1 atom stereocenters. The smallest absolute Gasteiger partial charge is 0.154 e. The third-order valence-corrected chi connectivity index (χ3v) is 4.76. The first-order chi connectivity index (χ1) is 12.5. The second-order valence-electron chi connectivity index (χ2n) is 7.00. The second-order valence-corrected chi connectivity index (χ2v) is 7.00. The van der Waals surface area contributed by atoms with Gasteiger partial charge in [0.1, 0.15) is 23.2 Å². The summed E-state index contributed by atoms with van der Waals surface area (Å²) in [6, 6.07) is 7.94. The van der Waals surface area contributed by atoms with Crippen LogP contribution in [-0.2, 0) is 6.54 Å². The van der Waals surface area contributed by atoms with Crippen molar-refractivity contribution in [2.24, 2.45) is 0 Å². The highest BCUT2D eigenvalue weighted by Gasteiger charge is 2.30. The molecule has 4 rings (SSSR count). The number of rotatable bonds is 6. The van der Waals surface area contributed by atoms with Crippen LogP contribution in [-0.4, -0.2) is 36.6 Å². The summed E-state index contributed by atoms with van der Waals surface area (Å²) in [5.41, 5.74) is 0.999. The molecule has 7 nitrogen and oxygen atoms in total. The van der Waals surface area contributed by atoms with E-state index < -0.39 is 0 Å². The minimum absolute atomic E-state index is 0.164. The van der Waals surface area contributed by atoms with Crippen LogP contribution in [0.1, 0.15) is 54.9 Å². The van der Waals surface area contributed by atoms with Crippen molar-refractivity contribution < 1.29 is 4.74 Å². The monoisotopic (exact) mass is 352 g/mol. The number of nitrogens with zero attached hydrogens (tertiary/aromatic N) is 6. The Morgan fingerprint density at radius 1 is 1.12 bits per heavy atom. The summed E-state index contributed by atoms with van der Waals surface area (Å²) >= 11 is 0. The second kappa shape index (κ2) is 6.55. The molecule has 0 bridgehead atoms. The van der Waals surface area contributed by atoms with Crippen molar-refractivity contribution in [1.29, 1.82) is 0 Å². The summed E-state index contributed by atoms with van der Waals surface area (Å²) in [6.45, 7) is 6.79. The molecule has 1 saturated carbocycles. The van der Waals surface area contributed by atoms with Crippen LogP contribution in [0.2, 0.25) is 0 Å². The first-order valence-electron chi connectivity index (χ1n) is 9.04. The normalized spacial score (nSPS) is 15.2. The van der Waals surface area contributed by atoms with Crippen molar-refractivity contribution in [3.8, 4) is 11.4 Å². The highest BCUT2D eigenvalue weighted by Crippen LogP contribution is 2.39. The van der Waals surface area contributed by atoms with Crippen LogP contribution in [0.5, 0.6) is 5.75 Å². The molecular formula is C19H24N6O. The molecule has 1 aromatic carbocycles. The Balaban J connectivity index is 1.68. The number of methoxy groups -OCH3 is 1. The van der Waals surface area contributed by atoms with Crippen LogP contribution in [0.3, 0.4) is 0 Å². The summed E-state index contributed by atoms with van der Waals surface area (Å²) in [5, 5.41) is 9.29. The fourth-order valence-electron chi connectivity index (χ4n) is 3.16. The van der Waals surface area contributed by atoms with Crippen LogP contribution >= 0.6 is 0 Å². The maximum Gasteiger partial charge on any atom is 0.154 e. The van der Waals surface area contributed by atoms with Gasteiger partial charge in [-0.15, -0.1) is 0 Å². The lowest BCUT2D eigenvalue weighted by Gasteiger charge is -2.13. The maximum atomic E-state index is 5.27. The number of benzene rings is 1. The summed E-state index contributed by atoms with van der Waals surface area (Å²) in [7, 11) is 1.67. The lowest BCUT2D eigenvalue weighted by Crippen LogP contribution is -2.14. The lowest BCUT2D eigenvalue weighted by molar-refractivity contribution is 0.414. The summed E-state index contributed by atoms with van der Waals surface area (Å²) in [4.78, 5) is 9.28. The predicted molar refractivity (Wildman–Crippen MR) is 97.8 cm³/mol. The van der Waals surface area contributed by atoms with Gasteiger partial charge in [0.2, 0.25) is 0 Å². The topological polar surface area (TPSA) is 70.7 Å². The van der Waals surface area contributed by atoms with Gasteiger partial charge in [0.15, 0.2) is 5.82 Å². The third-order valence-electron chi connectivity index (χ3n) is 4.76. The number of hydrogen-bond acceptors (Lipinski definition) is 5. The van der Waals surface area contributed by atoms with Gasteiger partial charge in [-0.25, -0.2) is 19.3 Å². The number of ether oxygens (including phenoxy) is 1. The van der Waals surface area contributed by atoms with E-state index in [0.717, 1.165) is 41.3 Å². The molecule has 0 amide bonds. The van der Waals surface area contributed by atoms with E-state index in [-0.39, 0.29) is 5.92 Å². The van der Waals surface area contributed by atoms with E-state index in [1.807, 2.05) is 47.5 Å². The minimum Gasteiger partial charge on any atom is -0.497 e. The Hall–Kier alpha value is -2.70. The lowest BCUT2D eigenvalue weighted by atomic mass is 10.1. The molecule has 136 valence electrons. The van der Waals surface area contributed by atoms with E-state index >= 15 is 0 Å². The van der Waals surface area contributed by atoms with E-state index in [4.69, 9.17) is 14.8 Å². The van der Waals surface area contributed by atoms with Gasteiger partial charge in [-0.05, 0) is 51.0 Å². The molecule has 0 aliphatic heterocycles. The highest BCUT2D eigenvalue weighted by atomic mass is 16.5. The van der Waals surface area contributed by atoms with Crippen molar-refractivity contribution in [3.05, 3.63) is 47.6 Å². The molecule has 0 unspecified atom stereocenters. The molecular weight excluding hydrogens is 328 g/mol. The minimum atomic E-state index is 0.164. The van der Waals surface area contributed by atoms with Crippen LogP contribution in [0.25, 0.3) is 5.69 Å². The summed E-state index contributed by atoms with van der Waals surface area (Å²) in [6.07, 6.45) is 2.36. The van der Waals surface area contributed by atoms with Crippen molar-refractivity contribution in [2.75, 3.05) is 7.11 Å². The Bertz CT molecular complexity index is 907. The zero-order chi connectivity index (χ0) is 18.3. The van der Waals surface area contributed by atoms with Gasteiger partial charge < -0.3 is 4.74 Å². The Kier molecular flexibility index (Phi) is 4.22. The number of hydrogen-bond donors (Lipinski definition) is 0. The largest absolute Gasteiger partial charge is 0.497 e. The average Bonchev–Trinajstić information content (AvgIpc) is 3.31. The SMILES string of the molecule is COc1ccc(-n2nc(C3CC3)nc2[C@@H](C)Cn2nc(C)nc2C)cc1. The van der Waals surface area contributed by atoms with Gasteiger partial charge in [-0.3, -0.25) is 0 Å². The number of aryl methyl sites for hydroxylation is 2. The molecule has 7 heteroatoms. The quantitative estimate of drug-likeness (QED) is 0.681. The zero-order valence-electron chi connectivity index (χ0n) is 15.7. The third kappa shape index (κ3) is 3.21. The standard InChI is InChI=1S/C19H24N6O/c1-12(11-24-14(3)20-13(2)22-24)19-21-18(15-5-6-15)23-25(19)16-7-9-17(26-4)10-8-16/h7-10,12,15H,5-6,11H2,1-4H3/t12-/m0/s1. The van der Waals surface area contributed by atoms with Crippen LogP contribution in [0, 0.1) is 13.8 Å². The van der Waals surface area contributed by atoms with E-state index in [0.29, 0.717) is 5.92 Å². The van der Waals surface area contributed by atoms with Gasteiger partial charge in [-0.2, -0.15) is 10.2 Å². The first-order valence-corrected chi connectivity index (χ1v) is 9.04. The molecule has 1 fully saturated rings. The van der Waals surface area contributed by atoms with Gasteiger partial charge >= 0.3 is 0 Å². The van der Waals surface area contributed by atoms with Crippen LogP contribution < -0.4 is 4.74 Å². The molecule has 2 heterocycles. The van der Waals surface area contributed by atoms with E-state index in [1.165, 1.54) is 12.8 Å². The summed E-state index contributed by atoms with van der Waals surface area (Å²) in [5.74, 6) is 5.14. The van der Waals surface area contributed by atoms with Crippen molar-refractivity contribution >= 4 is 0 Å². The molecule has 26 heavy (non-hydrogen) atoms. The fraction of sp³-hybridized carbons (Fsp3) is 0.474. The molecule has 1 aliphatic rings. The fourth-order valence-corrected chi connectivity index (χ4v) is 3.16. The molecule has 0 radical (unpaired) electrons. The Labute approximate surface area is 153 Å². The van der Waals surface area contributed by atoms with Gasteiger partial charge in [-0.1, -0.05) is 6.92 Å². The Morgan fingerprint density at radius 3 is 2.42 bits per heavy atom. The van der Waals surface area contributed by atoms with Gasteiger partial charge in [0.25, 0.3) is 0 Å². The summed E-state index contributed by atoms with van der Waals surface area (Å²) < 4.78 is 9.18. The van der Waals surface area contributed by atoms with Crippen molar-refractivity contribution in [3.63, 3.8) is 0 Å². The van der Waals surface area contributed by atoms with E-state index in [9.17, 15) is 0 Å². The maximum absolute atomic E-state index is 5.27. The van der Waals surface area contributed by atoms with E-state index in [1.54, 1.807) is 7.11 Å². The van der Waals surface area contributed by atoms with Crippen molar-refractivity contribution in [1.82, 2.24) is 29.5 Å². The average molecular weight is 352 g/mol. The number of aromatic nitrogens is 6. The molecule has 0 N–H and O–H groups in total. The molecule has 0 saturated heterocycles. The molecule has 1 aliphatic carbocycles. The molecule has 2 aromatic heterocycles. The van der Waals surface area contributed by atoms with Crippen molar-refractivity contribution in [2.45, 2.75) is 52.0 Å².